The lowest BCUT2D eigenvalue weighted by molar-refractivity contribution is -0.384. The minimum absolute atomic E-state index is 0.0112. The van der Waals surface area contributed by atoms with Crippen LogP contribution in [0.1, 0.15) is 27.2 Å². The van der Waals surface area contributed by atoms with E-state index in [0.717, 1.165) is 12.1 Å². The Hall–Kier alpha value is -1.71. The summed E-state index contributed by atoms with van der Waals surface area (Å²) in [6.45, 7) is 5.47. The minimum atomic E-state index is -3.83. The zero-order valence-electron chi connectivity index (χ0n) is 12.5. The standard InChI is InChI=1S/C12H20N4O4S/c1-5-12(2,3)15(4)21(19,20)11-7-6-9(16(17)18)8-10(11)14-13/h6-8,14H,5,13H2,1-4H3. The van der Waals surface area contributed by atoms with Crippen LogP contribution in [0.2, 0.25) is 0 Å². The first-order valence-corrected chi connectivity index (χ1v) is 7.76. The largest absolute Gasteiger partial charge is 0.323 e. The lowest BCUT2D eigenvalue weighted by Gasteiger charge is -2.34. The molecule has 118 valence electrons. The molecule has 8 nitrogen and oxygen atoms in total. The van der Waals surface area contributed by atoms with Crippen molar-refractivity contribution in [1.29, 1.82) is 0 Å². The van der Waals surface area contributed by atoms with E-state index in [-0.39, 0.29) is 16.3 Å². The number of rotatable bonds is 6. The van der Waals surface area contributed by atoms with Gasteiger partial charge in [0.1, 0.15) is 4.90 Å². The van der Waals surface area contributed by atoms with E-state index in [1.54, 1.807) is 13.8 Å². The van der Waals surface area contributed by atoms with Crippen LogP contribution in [0.4, 0.5) is 11.4 Å². The maximum absolute atomic E-state index is 12.7. The number of benzene rings is 1. The van der Waals surface area contributed by atoms with Crippen LogP contribution < -0.4 is 11.3 Å². The predicted molar refractivity (Wildman–Crippen MR) is 80.2 cm³/mol. The molecule has 0 unspecified atom stereocenters. The number of hydrogen-bond acceptors (Lipinski definition) is 6. The molecule has 0 aliphatic rings. The zero-order valence-corrected chi connectivity index (χ0v) is 13.3. The summed E-state index contributed by atoms with van der Waals surface area (Å²) < 4.78 is 26.6. The van der Waals surface area contributed by atoms with E-state index < -0.39 is 20.5 Å². The summed E-state index contributed by atoms with van der Waals surface area (Å²) in [5.41, 5.74) is 1.37. The molecule has 0 fully saturated rings. The quantitative estimate of drug-likeness (QED) is 0.468. The summed E-state index contributed by atoms with van der Waals surface area (Å²) in [6.07, 6.45) is 0.612. The maximum Gasteiger partial charge on any atom is 0.271 e. The van der Waals surface area contributed by atoms with Crippen molar-refractivity contribution in [3.8, 4) is 0 Å². The van der Waals surface area contributed by atoms with Crippen LogP contribution in [0.5, 0.6) is 0 Å². The number of nitro benzene ring substituents is 1. The van der Waals surface area contributed by atoms with Crippen LogP contribution in [0.25, 0.3) is 0 Å². The van der Waals surface area contributed by atoms with Crippen LogP contribution in [0.3, 0.4) is 0 Å². The molecule has 0 atom stereocenters. The van der Waals surface area contributed by atoms with Crippen molar-refractivity contribution in [2.45, 2.75) is 37.6 Å². The summed E-state index contributed by atoms with van der Waals surface area (Å²) in [6, 6.07) is 3.42. The van der Waals surface area contributed by atoms with Crippen LogP contribution in [-0.2, 0) is 10.0 Å². The molecule has 0 radical (unpaired) electrons. The highest BCUT2D eigenvalue weighted by molar-refractivity contribution is 7.89. The number of nitrogens with two attached hydrogens (primary N) is 1. The van der Waals surface area contributed by atoms with Gasteiger partial charge in [0.05, 0.1) is 10.6 Å². The van der Waals surface area contributed by atoms with Crippen molar-refractivity contribution in [2.24, 2.45) is 5.84 Å². The van der Waals surface area contributed by atoms with Crippen LogP contribution in [0, 0.1) is 10.1 Å². The first kappa shape index (κ1) is 17.3. The molecule has 1 aromatic carbocycles. The number of sulfonamides is 1. The number of nitrogens with zero attached hydrogens (tertiary/aromatic N) is 2. The number of non-ortho nitro benzene ring substituents is 1. The second-order valence-electron chi connectivity index (χ2n) is 5.22. The van der Waals surface area contributed by atoms with Crippen LogP contribution >= 0.6 is 0 Å². The Bertz CT molecular complexity index is 643. The number of nitrogens with one attached hydrogen (secondary N) is 1. The van der Waals surface area contributed by atoms with Gasteiger partial charge in [0.15, 0.2) is 0 Å². The smallest absolute Gasteiger partial charge is 0.271 e. The van der Waals surface area contributed by atoms with Crippen LogP contribution in [0.15, 0.2) is 23.1 Å². The molecular weight excluding hydrogens is 296 g/mol. The molecule has 3 N–H and O–H groups in total. The third-order valence-electron chi connectivity index (χ3n) is 3.69. The molecule has 9 heteroatoms. The van der Waals surface area contributed by atoms with E-state index in [2.05, 4.69) is 5.43 Å². The molecule has 0 saturated carbocycles. The Morgan fingerprint density at radius 2 is 2.00 bits per heavy atom. The second-order valence-corrected chi connectivity index (χ2v) is 7.16. The molecule has 0 aliphatic carbocycles. The van der Waals surface area contributed by atoms with Crippen molar-refractivity contribution in [2.75, 3.05) is 12.5 Å². The fourth-order valence-electron chi connectivity index (χ4n) is 1.66. The Morgan fingerprint density at radius 1 is 1.43 bits per heavy atom. The van der Waals surface area contributed by atoms with Crippen molar-refractivity contribution in [3.63, 3.8) is 0 Å². The van der Waals surface area contributed by atoms with E-state index in [1.807, 2.05) is 6.92 Å². The van der Waals surface area contributed by atoms with Crippen molar-refractivity contribution >= 4 is 21.4 Å². The Balaban J connectivity index is 3.42. The third kappa shape index (κ3) is 3.31. The summed E-state index contributed by atoms with van der Waals surface area (Å²) in [7, 11) is -2.35. The number of anilines is 1. The van der Waals surface area contributed by atoms with Gasteiger partial charge in [-0.1, -0.05) is 6.92 Å². The van der Waals surface area contributed by atoms with Gasteiger partial charge in [-0.25, -0.2) is 8.42 Å². The number of nitrogen functional groups attached to an aromatic ring is 1. The van der Waals surface area contributed by atoms with Gasteiger partial charge in [0, 0.05) is 24.7 Å². The third-order valence-corrected chi connectivity index (χ3v) is 5.81. The van der Waals surface area contributed by atoms with Gasteiger partial charge >= 0.3 is 0 Å². The fraction of sp³-hybridized carbons (Fsp3) is 0.500. The van der Waals surface area contributed by atoms with E-state index in [4.69, 9.17) is 5.84 Å². The monoisotopic (exact) mass is 316 g/mol. The maximum atomic E-state index is 12.7. The molecule has 0 bridgehead atoms. The van der Waals surface area contributed by atoms with Crippen molar-refractivity contribution in [1.82, 2.24) is 4.31 Å². The molecule has 1 rings (SSSR count). The van der Waals surface area contributed by atoms with Gasteiger partial charge in [-0.15, -0.1) is 0 Å². The number of hydrogen-bond donors (Lipinski definition) is 2. The summed E-state index contributed by atoms with van der Waals surface area (Å²) in [5, 5.41) is 10.7. The molecule has 0 heterocycles. The summed E-state index contributed by atoms with van der Waals surface area (Å²) in [4.78, 5) is 10.0. The molecule has 0 aromatic heterocycles. The number of nitro groups is 1. The van der Waals surface area contributed by atoms with E-state index in [1.165, 1.54) is 17.4 Å². The molecule has 0 aliphatic heterocycles. The van der Waals surface area contributed by atoms with Gasteiger partial charge in [-0.2, -0.15) is 4.31 Å². The second kappa shape index (κ2) is 5.96. The van der Waals surface area contributed by atoms with E-state index >= 15 is 0 Å². The average Bonchev–Trinajstić information content (AvgIpc) is 2.45. The molecular formula is C12H20N4O4S. The molecule has 21 heavy (non-hydrogen) atoms. The molecule has 0 saturated heterocycles. The first-order chi connectivity index (χ1) is 9.57. The van der Waals surface area contributed by atoms with Gasteiger partial charge in [0.2, 0.25) is 10.0 Å². The Kier molecular flexibility index (Phi) is 4.92. The normalized spacial score (nSPS) is 12.5. The van der Waals surface area contributed by atoms with Crippen LogP contribution in [-0.4, -0.2) is 30.2 Å². The zero-order chi connectivity index (χ0) is 16.4. The lowest BCUT2D eigenvalue weighted by atomic mass is 10.0. The van der Waals surface area contributed by atoms with Crippen molar-refractivity contribution in [3.05, 3.63) is 28.3 Å². The van der Waals surface area contributed by atoms with Gasteiger partial charge < -0.3 is 5.43 Å². The lowest BCUT2D eigenvalue weighted by Crippen LogP contribution is -2.44. The van der Waals surface area contributed by atoms with E-state index in [0.29, 0.717) is 6.42 Å². The van der Waals surface area contributed by atoms with Gasteiger partial charge in [-0.05, 0) is 26.3 Å². The summed E-state index contributed by atoms with van der Waals surface area (Å²) in [5.74, 6) is 5.30. The first-order valence-electron chi connectivity index (χ1n) is 6.32. The van der Waals surface area contributed by atoms with E-state index in [9.17, 15) is 18.5 Å². The van der Waals surface area contributed by atoms with Crippen molar-refractivity contribution < 1.29 is 13.3 Å². The van der Waals surface area contributed by atoms with Gasteiger partial charge in [0.25, 0.3) is 5.69 Å². The molecule has 1 aromatic rings. The van der Waals surface area contributed by atoms with Gasteiger partial charge in [-0.3, -0.25) is 16.0 Å². The average molecular weight is 316 g/mol. The summed E-state index contributed by atoms with van der Waals surface area (Å²) >= 11 is 0. The molecule has 0 spiro atoms. The highest BCUT2D eigenvalue weighted by Crippen LogP contribution is 2.31. The Morgan fingerprint density at radius 3 is 2.43 bits per heavy atom. The highest BCUT2D eigenvalue weighted by atomic mass is 32.2. The number of hydrazine groups is 1. The fourth-order valence-corrected chi connectivity index (χ4v) is 3.38. The Labute approximate surface area is 124 Å². The SMILES string of the molecule is CCC(C)(C)N(C)S(=O)(=O)c1ccc([N+](=O)[O-])cc1NN. The minimum Gasteiger partial charge on any atom is -0.323 e. The molecule has 0 amide bonds. The highest BCUT2D eigenvalue weighted by Gasteiger charge is 2.34. The predicted octanol–water partition coefficient (Wildman–Crippen LogP) is 1.69. The topological polar surface area (TPSA) is 119 Å².